The molecule has 0 aromatic heterocycles. The highest BCUT2D eigenvalue weighted by Crippen LogP contribution is 2.20. The van der Waals surface area contributed by atoms with Gasteiger partial charge in [-0.05, 0) is 32.7 Å². The van der Waals surface area contributed by atoms with Crippen LogP contribution in [0.15, 0.2) is 0 Å². The topological polar surface area (TPSA) is 78.5 Å². The van der Waals surface area contributed by atoms with Crippen molar-refractivity contribution in [3.63, 3.8) is 0 Å². The normalized spacial score (nSPS) is 19.6. The molecule has 0 fully saturated rings. The van der Waals surface area contributed by atoms with E-state index in [4.69, 9.17) is 5.73 Å². The van der Waals surface area contributed by atoms with Crippen molar-refractivity contribution in [1.29, 1.82) is 0 Å². The number of nitrogens with two attached hydrogens (primary N) is 1. The van der Waals surface area contributed by atoms with Gasteiger partial charge in [-0.15, -0.1) is 0 Å². The lowest BCUT2D eigenvalue weighted by atomic mass is 9.87. The molecule has 4 heteroatoms. The van der Waals surface area contributed by atoms with Crippen molar-refractivity contribution in [2.75, 3.05) is 19.8 Å². The van der Waals surface area contributed by atoms with Crippen LogP contribution in [-0.2, 0) is 0 Å². The molecule has 0 aromatic carbocycles. The minimum atomic E-state index is -0.359. The van der Waals surface area contributed by atoms with Gasteiger partial charge in [-0.3, -0.25) is 0 Å². The fourth-order valence-corrected chi connectivity index (χ4v) is 1.71. The zero-order chi connectivity index (χ0) is 11.9. The van der Waals surface area contributed by atoms with Crippen molar-refractivity contribution in [3.8, 4) is 0 Å². The highest BCUT2D eigenvalue weighted by atomic mass is 16.3. The lowest BCUT2D eigenvalue weighted by Gasteiger charge is -2.41. The van der Waals surface area contributed by atoms with E-state index in [1.54, 1.807) is 0 Å². The smallest absolute Gasteiger partial charge is 0.0613 e. The summed E-state index contributed by atoms with van der Waals surface area (Å²) in [6.45, 7) is 6.65. The molecule has 4 nitrogen and oxygen atoms in total. The summed E-state index contributed by atoms with van der Waals surface area (Å²) in [6, 6.07) is 0. The molecule has 0 rings (SSSR count). The van der Waals surface area contributed by atoms with Gasteiger partial charge in [0, 0.05) is 11.1 Å². The van der Waals surface area contributed by atoms with Gasteiger partial charge in [0.05, 0.1) is 13.2 Å². The Morgan fingerprint density at radius 1 is 1.13 bits per heavy atom. The fraction of sp³-hybridized carbons (Fsp3) is 1.00. The van der Waals surface area contributed by atoms with Gasteiger partial charge in [-0.2, -0.15) is 0 Å². The Bertz CT molecular complexity index is 166. The van der Waals surface area contributed by atoms with Gasteiger partial charge in [0.2, 0.25) is 0 Å². The molecule has 0 aliphatic rings. The monoisotopic (exact) mass is 218 g/mol. The summed E-state index contributed by atoms with van der Waals surface area (Å²) in [5.74, 6) is 0. The van der Waals surface area contributed by atoms with E-state index in [1.165, 1.54) is 0 Å². The highest BCUT2D eigenvalue weighted by Gasteiger charge is 2.34. The third kappa shape index (κ3) is 4.07. The molecule has 2 atom stereocenters. The second-order valence-electron chi connectivity index (χ2n) is 4.53. The van der Waals surface area contributed by atoms with Gasteiger partial charge in [0.15, 0.2) is 0 Å². The van der Waals surface area contributed by atoms with Crippen molar-refractivity contribution < 1.29 is 10.2 Å². The highest BCUT2D eigenvalue weighted by molar-refractivity contribution is 4.95. The zero-order valence-electron chi connectivity index (χ0n) is 10.2. The molecule has 5 N–H and O–H groups in total. The Balaban J connectivity index is 4.63. The van der Waals surface area contributed by atoms with E-state index in [2.05, 4.69) is 5.32 Å². The molecule has 0 aliphatic heterocycles. The number of aliphatic hydroxyl groups excluding tert-OH is 2. The number of hydrogen-bond donors (Lipinski definition) is 4. The average molecular weight is 218 g/mol. The molecule has 0 aromatic rings. The van der Waals surface area contributed by atoms with Crippen LogP contribution >= 0.6 is 0 Å². The number of hydrogen-bond acceptors (Lipinski definition) is 4. The predicted octanol–water partition coefficient (Wildman–Crippen LogP) is 0.227. The predicted molar refractivity (Wildman–Crippen MR) is 62.7 cm³/mol. The van der Waals surface area contributed by atoms with Crippen molar-refractivity contribution in [3.05, 3.63) is 0 Å². The van der Waals surface area contributed by atoms with Crippen LogP contribution in [0.25, 0.3) is 0 Å². The molecule has 0 aliphatic carbocycles. The summed E-state index contributed by atoms with van der Waals surface area (Å²) < 4.78 is 0. The summed E-state index contributed by atoms with van der Waals surface area (Å²) >= 11 is 0. The summed E-state index contributed by atoms with van der Waals surface area (Å²) in [5, 5.41) is 22.2. The minimum Gasteiger partial charge on any atom is -0.394 e. The molecular weight excluding hydrogens is 192 g/mol. The van der Waals surface area contributed by atoms with Crippen molar-refractivity contribution in [2.24, 2.45) is 5.73 Å². The molecule has 0 amide bonds. The SMILES string of the molecule is CCC(C)(CO)NC(CC)(CO)CCN. The third-order valence-corrected chi connectivity index (χ3v) is 3.30. The molecule has 0 spiro atoms. The van der Waals surface area contributed by atoms with Crippen LogP contribution in [0.3, 0.4) is 0 Å². The van der Waals surface area contributed by atoms with Gasteiger partial charge < -0.3 is 21.3 Å². The van der Waals surface area contributed by atoms with E-state index in [0.717, 1.165) is 19.3 Å². The number of aliphatic hydroxyl groups is 2. The molecule has 0 bridgehead atoms. The lowest BCUT2D eigenvalue weighted by molar-refractivity contribution is 0.0763. The van der Waals surface area contributed by atoms with E-state index in [9.17, 15) is 10.2 Å². The van der Waals surface area contributed by atoms with Crippen LogP contribution < -0.4 is 11.1 Å². The van der Waals surface area contributed by atoms with E-state index in [1.807, 2.05) is 20.8 Å². The van der Waals surface area contributed by atoms with Crippen molar-refractivity contribution in [1.82, 2.24) is 5.32 Å². The van der Waals surface area contributed by atoms with Crippen LogP contribution in [0.1, 0.15) is 40.0 Å². The van der Waals surface area contributed by atoms with E-state index in [-0.39, 0.29) is 24.3 Å². The van der Waals surface area contributed by atoms with Crippen molar-refractivity contribution >= 4 is 0 Å². The van der Waals surface area contributed by atoms with E-state index in [0.29, 0.717) is 6.54 Å². The second-order valence-corrected chi connectivity index (χ2v) is 4.53. The second kappa shape index (κ2) is 6.43. The summed E-state index contributed by atoms with van der Waals surface area (Å²) in [5.41, 5.74) is 4.86. The minimum absolute atomic E-state index is 0.0519. The van der Waals surface area contributed by atoms with Crippen LogP contribution in [0, 0.1) is 0 Å². The van der Waals surface area contributed by atoms with Gasteiger partial charge in [-0.1, -0.05) is 13.8 Å². The Hall–Kier alpha value is -0.160. The van der Waals surface area contributed by atoms with Gasteiger partial charge in [0.25, 0.3) is 0 Å². The Labute approximate surface area is 92.9 Å². The third-order valence-electron chi connectivity index (χ3n) is 3.30. The molecule has 0 saturated carbocycles. The molecule has 0 saturated heterocycles. The first-order valence-electron chi connectivity index (χ1n) is 5.72. The molecule has 0 heterocycles. The van der Waals surface area contributed by atoms with Crippen LogP contribution in [-0.4, -0.2) is 41.0 Å². The first-order chi connectivity index (χ1) is 7.01. The van der Waals surface area contributed by atoms with Gasteiger partial charge in [-0.25, -0.2) is 0 Å². The van der Waals surface area contributed by atoms with Crippen LogP contribution in [0.2, 0.25) is 0 Å². The Morgan fingerprint density at radius 2 is 1.73 bits per heavy atom. The maximum Gasteiger partial charge on any atom is 0.0613 e. The first kappa shape index (κ1) is 14.8. The summed E-state index contributed by atoms with van der Waals surface area (Å²) in [6.07, 6.45) is 2.34. The standard InChI is InChI=1S/C11H26N2O2/c1-4-10(3,8-14)13-11(5-2,9-15)6-7-12/h13-15H,4-9,12H2,1-3H3. The largest absolute Gasteiger partial charge is 0.394 e. The molecule has 92 valence electrons. The quantitative estimate of drug-likeness (QED) is 0.470. The zero-order valence-corrected chi connectivity index (χ0v) is 10.2. The Morgan fingerprint density at radius 3 is 2.00 bits per heavy atom. The molecule has 2 unspecified atom stereocenters. The Kier molecular flexibility index (Phi) is 6.36. The summed E-state index contributed by atoms with van der Waals surface area (Å²) in [7, 11) is 0. The molecular formula is C11H26N2O2. The number of rotatable bonds is 8. The van der Waals surface area contributed by atoms with Crippen LogP contribution in [0.4, 0.5) is 0 Å². The maximum atomic E-state index is 9.46. The van der Waals surface area contributed by atoms with E-state index < -0.39 is 0 Å². The van der Waals surface area contributed by atoms with Crippen molar-refractivity contribution in [2.45, 2.75) is 51.1 Å². The maximum absolute atomic E-state index is 9.46. The van der Waals surface area contributed by atoms with Gasteiger partial charge in [0.1, 0.15) is 0 Å². The summed E-state index contributed by atoms with van der Waals surface area (Å²) in [4.78, 5) is 0. The van der Waals surface area contributed by atoms with E-state index >= 15 is 0 Å². The van der Waals surface area contributed by atoms with Gasteiger partial charge >= 0.3 is 0 Å². The molecule has 15 heavy (non-hydrogen) atoms. The lowest BCUT2D eigenvalue weighted by Crippen LogP contribution is -2.60. The molecule has 0 radical (unpaired) electrons. The number of nitrogens with one attached hydrogen (secondary N) is 1. The fourth-order valence-electron chi connectivity index (χ4n) is 1.71. The average Bonchev–Trinajstić information content (AvgIpc) is 2.28. The van der Waals surface area contributed by atoms with Crippen LogP contribution in [0.5, 0.6) is 0 Å². The first-order valence-corrected chi connectivity index (χ1v) is 5.72.